The van der Waals surface area contributed by atoms with Crippen molar-refractivity contribution >= 4 is 29.9 Å². The molecule has 180 valence electrons. The Hall–Kier alpha value is -1.26. The van der Waals surface area contributed by atoms with Crippen LogP contribution in [0.3, 0.4) is 0 Å². The van der Waals surface area contributed by atoms with Crippen LogP contribution in [0.15, 0.2) is 23.2 Å². The van der Waals surface area contributed by atoms with Crippen LogP contribution in [0.4, 0.5) is 0 Å². The molecule has 2 aliphatic heterocycles. The number of nitrogens with zero attached hydrogens (tertiary/aromatic N) is 3. The van der Waals surface area contributed by atoms with E-state index in [2.05, 4.69) is 26.2 Å². The van der Waals surface area contributed by atoms with Gasteiger partial charge in [-0.15, -0.1) is 24.0 Å². The molecule has 0 radical (unpaired) electrons. The number of methoxy groups -OCH3 is 1. The van der Waals surface area contributed by atoms with Gasteiger partial charge in [0, 0.05) is 51.9 Å². The summed E-state index contributed by atoms with van der Waals surface area (Å²) in [5.74, 6) is 3.35. The van der Waals surface area contributed by atoms with Gasteiger partial charge >= 0.3 is 0 Å². The minimum absolute atomic E-state index is 0. The van der Waals surface area contributed by atoms with E-state index in [9.17, 15) is 0 Å². The molecule has 1 aromatic rings. The predicted octanol–water partition coefficient (Wildman–Crippen LogP) is 3.36. The number of rotatable bonds is 7. The third kappa shape index (κ3) is 6.63. The molecule has 0 amide bonds. The van der Waals surface area contributed by atoms with E-state index >= 15 is 0 Å². The van der Waals surface area contributed by atoms with Crippen LogP contribution in [0.1, 0.15) is 37.7 Å². The molecule has 7 nitrogen and oxygen atoms in total. The molecule has 0 bridgehead atoms. The van der Waals surface area contributed by atoms with E-state index in [4.69, 9.17) is 14.2 Å². The average molecular weight is 559 g/mol. The molecule has 3 fully saturated rings. The number of benzene rings is 1. The quantitative estimate of drug-likeness (QED) is 0.315. The van der Waals surface area contributed by atoms with E-state index in [0.717, 1.165) is 81.8 Å². The highest BCUT2D eigenvalue weighted by Gasteiger charge is 2.27. The molecule has 1 aromatic carbocycles. The smallest absolute Gasteiger partial charge is 0.193 e. The minimum atomic E-state index is 0. The maximum Gasteiger partial charge on any atom is 0.193 e. The van der Waals surface area contributed by atoms with Gasteiger partial charge in [0.05, 0.1) is 26.4 Å². The summed E-state index contributed by atoms with van der Waals surface area (Å²) in [6.07, 6.45) is 6.28. The molecule has 0 spiro atoms. The predicted molar refractivity (Wildman–Crippen MR) is 138 cm³/mol. The lowest BCUT2D eigenvalue weighted by Gasteiger charge is -2.29. The van der Waals surface area contributed by atoms with Crippen LogP contribution in [0, 0.1) is 5.92 Å². The van der Waals surface area contributed by atoms with Crippen LogP contribution in [0.25, 0.3) is 0 Å². The van der Waals surface area contributed by atoms with E-state index in [0.29, 0.717) is 18.6 Å². The van der Waals surface area contributed by atoms with Crippen LogP contribution >= 0.6 is 24.0 Å². The molecule has 1 unspecified atom stereocenters. The summed E-state index contributed by atoms with van der Waals surface area (Å²) in [5, 5.41) is 3.58. The summed E-state index contributed by atoms with van der Waals surface area (Å²) >= 11 is 0. The van der Waals surface area contributed by atoms with Crippen LogP contribution in [-0.2, 0) is 11.3 Å². The molecule has 1 atom stereocenters. The summed E-state index contributed by atoms with van der Waals surface area (Å²) in [4.78, 5) is 9.50. The highest BCUT2D eigenvalue weighted by molar-refractivity contribution is 14.0. The first-order valence-electron chi connectivity index (χ1n) is 11.8. The first-order chi connectivity index (χ1) is 15.3. The molecule has 32 heavy (non-hydrogen) atoms. The molecule has 4 rings (SSSR count). The SMILES string of the molecule is CN=C(NCc1cccc(OC)c1OC1CCCC1)N1CCC(CN2CCOCC2)C1.I. The number of nitrogens with one attached hydrogen (secondary N) is 1. The topological polar surface area (TPSA) is 58.6 Å². The van der Waals surface area contributed by atoms with Gasteiger partial charge in [0.15, 0.2) is 17.5 Å². The van der Waals surface area contributed by atoms with Crippen molar-refractivity contribution in [2.45, 2.75) is 44.8 Å². The van der Waals surface area contributed by atoms with Gasteiger partial charge in [-0.1, -0.05) is 12.1 Å². The molecular formula is C24H39IN4O3. The van der Waals surface area contributed by atoms with Gasteiger partial charge in [0.2, 0.25) is 0 Å². The summed E-state index contributed by atoms with van der Waals surface area (Å²) in [7, 11) is 3.59. The fourth-order valence-electron chi connectivity index (χ4n) is 5.00. The number of para-hydroxylation sites is 1. The van der Waals surface area contributed by atoms with Crippen LogP contribution in [0.2, 0.25) is 0 Å². The maximum atomic E-state index is 6.39. The summed E-state index contributed by atoms with van der Waals surface area (Å²) in [6, 6.07) is 6.14. The number of hydrogen-bond donors (Lipinski definition) is 1. The van der Waals surface area contributed by atoms with E-state index in [-0.39, 0.29) is 24.0 Å². The number of morpholine rings is 1. The van der Waals surface area contributed by atoms with Gasteiger partial charge in [-0.3, -0.25) is 9.89 Å². The van der Waals surface area contributed by atoms with Crippen molar-refractivity contribution in [3.8, 4) is 11.5 Å². The van der Waals surface area contributed by atoms with Crippen molar-refractivity contribution in [2.75, 3.05) is 60.1 Å². The fourth-order valence-corrected chi connectivity index (χ4v) is 5.00. The summed E-state index contributed by atoms with van der Waals surface area (Å²) in [6.45, 7) is 7.80. The van der Waals surface area contributed by atoms with Crippen molar-refractivity contribution in [3.63, 3.8) is 0 Å². The van der Waals surface area contributed by atoms with Crippen molar-refractivity contribution in [1.29, 1.82) is 0 Å². The second-order valence-electron chi connectivity index (χ2n) is 8.89. The number of halogens is 1. The Morgan fingerprint density at radius 2 is 1.94 bits per heavy atom. The number of guanidine groups is 1. The van der Waals surface area contributed by atoms with Crippen molar-refractivity contribution < 1.29 is 14.2 Å². The summed E-state index contributed by atoms with van der Waals surface area (Å²) < 4.78 is 17.5. The van der Waals surface area contributed by atoms with Gasteiger partial charge in [-0.2, -0.15) is 0 Å². The first kappa shape index (κ1) is 25.4. The Kier molecular flexibility index (Phi) is 10.2. The monoisotopic (exact) mass is 558 g/mol. The van der Waals surface area contributed by atoms with E-state index in [1.165, 1.54) is 19.3 Å². The Bertz CT molecular complexity index is 736. The van der Waals surface area contributed by atoms with E-state index < -0.39 is 0 Å². The highest BCUT2D eigenvalue weighted by Crippen LogP contribution is 2.35. The van der Waals surface area contributed by atoms with Gasteiger partial charge in [0.1, 0.15) is 0 Å². The van der Waals surface area contributed by atoms with E-state index in [1.807, 2.05) is 19.2 Å². The zero-order valence-electron chi connectivity index (χ0n) is 19.6. The van der Waals surface area contributed by atoms with Crippen molar-refractivity contribution in [3.05, 3.63) is 23.8 Å². The third-order valence-electron chi connectivity index (χ3n) is 6.72. The van der Waals surface area contributed by atoms with Crippen LogP contribution in [-0.4, -0.2) is 82.0 Å². The molecule has 1 saturated carbocycles. The standard InChI is InChI=1S/C24H38N4O3.HI/c1-25-24(28-11-10-19(18-28)17-27-12-14-30-15-13-27)26-16-20-6-5-9-22(29-2)23(20)31-21-7-3-4-8-21;/h5-6,9,19,21H,3-4,7-8,10-18H2,1-2H3,(H,25,26);1H. The number of aliphatic imine (C=N–C) groups is 1. The molecule has 1 N–H and O–H groups in total. The zero-order valence-corrected chi connectivity index (χ0v) is 21.9. The van der Waals surface area contributed by atoms with Gasteiger partial charge in [0.25, 0.3) is 0 Å². The minimum Gasteiger partial charge on any atom is -0.493 e. The molecule has 2 heterocycles. The van der Waals surface area contributed by atoms with Gasteiger partial charge < -0.3 is 24.4 Å². The molecule has 0 aromatic heterocycles. The maximum absolute atomic E-state index is 6.39. The molecular weight excluding hydrogens is 519 g/mol. The lowest BCUT2D eigenvalue weighted by Crippen LogP contribution is -2.42. The average Bonchev–Trinajstić information content (AvgIpc) is 3.48. The highest BCUT2D eigenvalue weighted by atomic mass is 127. The van der Waals surface area contributed by atoms with Crippen LogP contribution in [0.5, 0.6) is 11.5 Å². The van der Waals surface area contributed by atoms with Gasteiger partial charge in [-0.25, -0.2) is 0 Å². The zero-order chi connectivity index (χ0) is 21.5. The third-order valence-corrected chi connectivity index (χ3v) is 6.72. The van der Waals surface area contributed by atoms with Gasteiger partial charge in [-0.05, 0) is 44.1 Å². The lowest BCUT2D eigenvalue weighted by atomic mass is 10.1. The lowest BCUT2D eigenvalue weighted by molar-refractivity contribution is 0.0315. The second kappa shape index (κ2) is 12.8. The van der Waals surface area contributed by atoms with Crippen molar-refractivity contribution in [2.24, 2.45) is 10.9 Å². The second-order valence-corrected chi connectivity index (χ2v) is 8.89. The fraction of sp³-hybridized carbons (Fsp3) is 0.708. The Morgan fingerprint density at radius 1 is 1.16 bits per heavy atom. The molecule has 8 heteroatoms. The van der Waals surface area contributed by atoms with Crippen molar-refractivity contribution in [1.82, 2.24) is 15.1 Å². The number of ether oxygens (including phenoxy) is 3. The largest absolute Gasteiger partial charge is 0.493 e. The first-order valence-corrected chi connectivity index (χ1v) is 11.8. The molecule has 2 saturated heterocycles. The normalized spacial score (nSPS) is 22.6. The Labute approximate surface area is 209 Å². The Balaban J connectivity index is 0.00000289. The van der Waals surface area contributed by atoms with Crippen LogP contribution < -0.4 is 14.8 Å². The number of hydrogen-bond acceptors (Lipinski definition) is 5. The number of likely N-dealkylation sites (tertiary alicyclic amines) is 1. The summed E-state index contributed by atoms with van der Waals surface area (Å²) in [5.41, 5.74) is 1.12. The Morgan fingerprint density at radius 3 is 2.66 bits per heavy atom. The molecule has 3 aliphatic rings. The van der Waals surface area contributed by atoms with E-state index in [1.54, 1.807) is 7.11 Å². The molecule has 1 aliphatic carbocycles.